The largest absolute Gasteiger partial charge is 0.456 e. The van der Waals surface area contributed by atoms with E-state index in [2.05, 4.69) is 78.1 Å². The fourth-order valence-corrected chi connectivity index (χ4v) is 12.7. The van der Waals surface area contributed by atoms with E-state index in [1.165, 1.54) is 71.9 Å². The average molecular weight is 1750 g/mol. The molecule has 10 rings (SSSR count). The monoisotopic (exact) mass is 1750 g/mol. The molecule has 8 aromatic heterocycles. The fraction of sp³-hybridized carbons (Fsp3) is 0.434. The molecular weight excluding hydrogens is 1640 g/mol. The molecule has 0 aliphatic rings. The molecule has 42 nitrogen and oxygen atoms in total. The Hall–Kier alpha value is -13.1. The minimum Gasteiger partial charge on any atom is -0.456 e. The van der Waals surface area contributed by atoms with Gasteiger partial charge in [-0.15, -0.1) is 5.10 Å². The first-order chi connectivity index (χ1) is 60.5. The summed E-state index contributed by atoms with van der Waals surface area (Å²) in [6.07, 6.45) is 12.1. The number of ether oxygens (including phenoxy) is 9. The topological polar surface area (TPSA) is 497 Å². The van der Waals surface area contributed by atoms with Gasteiger partial charge in [-0.1, -0.05) is 11.3 Å². The minimum atomic E-state index is -1.23. The second-order valence-electron chi connectivity index (χ2n) is 29.5. The van der Waals surface area contributed by atoms with Gasteiger partial charge in [0.2, 0.25) is 29.4 Å². The number of aryl methyl sites for hydroxylation is 8. The molecule has 0 fully saturated rings. The number of pyridine rings is 1. The molecule has 0 saturated heterocycles. The van der Waals surface area contributed by atoms with Gasteiger partial charge in [0.1, 0.15) is 45.6 Å². The van der Waals surface area contributed by atoms with Gasteiger partial charge >= 0.3 is 0 Å². The Kier molecular flexibility index (Phi) is 35.1. The summed E-state index contributed by atoms with van der Waals surface area (Å²) >= 11 is 0. The lowest BCUT2D eigenvalue weighted by Gasteiger charge is -2.22. The highest BCUT2D eigenvalue weighted by Gasteiger charge is 2.27. The number of carbonyl (C=O) groups is 9. The average Bonchev–Trinajstić information content (AvgIpc) is 1.50. The summed E-state index contributed by atoms with van der Waals surface area (Å²) in [4.78, 5) is 145. The molecule has 0 saturated carbocycles. The van der Waals surface area contributed by atoms with E-state index >= 15 is 0 Å². The third-order valence-electron chi connectivity index (χ3n) is 19.1. The van der Waals surface area contributed by atoms with Gasteiger partial charge in [0.15, 0.2) is 17.5 Å². The number of nitrogens with one attached hydrogen (secondary N) is 10. The van der Waals surface area contributed by atoms with Crippen molar-refractivity contribution < 1.29 is 95.3 Å². The van der Waals surface area contributed by atoms with Crippen LogP contribution in [0.1, 0.15) is 119 Å². The van der Waals surface area contributed by atoms with E-state index in [9.17, 15) is 57.4 Å². The number of hydrogen-bond acceptors (Lipinski definition) is 25. The Balaban J connectivity index is 0.476. The van der Waals surface area contributed by atoms with Crippen molar-refractivity contribution in [2.75, 3.05) is 153 Å². The normalized spacial score (nSPS) is 11.4. The maximum atomic E-state index is 14.2. The quantitative estimate of drug-likeness (QED) is 0.0241. The number of carbonyl (C=O) groups excluding carboxylic acids is 9. The maximum absolute atomic E-state index is 14.2. The molecule has 126 heavy (non-hydrogen) atoms. The molecule has 43 heteroatoms. The van der Waals surface area contributed by atoms with E-state index in [1.54, 1.807) is 128 Å². The number of amides is 9. The van der Waals surface area contributed by atoms with Gasteiger partial charge in [-0.3, -0.25) is 47.9 Å². The molecule has 676 valence electrons. The molecule has 2 aromatic carbocycles. The molecule has 9 amide bonds. The number of aromatic amines is 1. The molecule has 0 aliphatic heterocycles. The molecule has 0 atom stereocenters. The summed E-state index contributed by atoms with van der Waals surface area (Å²) in [6, 6.07) is 12.5. The summed E-state index contributed by atoms with van der Waals surface area (Å²) in [6.45, 7) is 13.2. The zero-order valence-corrected chi connectivity index (χ0v) is 71.9. The van der Waals surface area contributed by atoms with Crippen LogP contribution < -0.4 is 58.1 Å². The molecule has 8 heterocycles. The number of aromatic nitrogens is 13. The summed E-state index contributed by atoms with van der Waals surface area (Å²) < 4.78 is 75.7. The van der Waals surface area contributed by atoms with Crippen LogP contribution in [0.5, 0.6) is 11.5 Å². The van der Waals surface area contributed by atoms with Crippen LogP contribution in [0.2, 0.25) is 0 Å². The Morgan fingerprint density at radius 2 is 0.960 bits per heavy atom. The van der Waals surface area contributed by atoms with Crippen LogP contribution in [-0.4, -0.2) is 252 Å². The Bertz CT molecular complexity index is 5470. The Labute approximate surface area is 723 Å². The van der Waals surface area contributed by atoms with Crippen LogP contribution in [0.4, 0.5) is 27.4 Å². The van der Waals surface area contributed by atoms with Crippen molar-refractivity contribution in [2.24, 2.45) is 42.3 Å². The van der Waals surface area contributed by atoms with Gasteiger partial charge in [0, 0.05) is 148 Å². The molecular formula is C83H107FN22O20. The van der Waals surface area contributed by atoms with E-state index < -0.39 is 52.9 Å². The van der Waals surface area contributed by atoms with E-state index in [0.29, 0.717) is 162 Å². The third kappa shape index (κ3) is 28.2. The number of halogens is 1. The highest BCUT2D eigenvalue weighted by atomic mass is 19.1. The number of imidazole rings is 3. The highest BCUT2D eigenvalue weighted by molar-refractivity contribution is 6.06. The molecule has 11 N–H and O–H groups in total. The lowest BCUT2D eigenvalue weighted by molar-refractivity contribution is -0.121. The van der Waals surface area contributed by atoms with Crippen LogP contribution >= 0.6 is 0 Å². The molecule has 0 spiro atoms. The lowest BCUT2D eigenvalue weighted by atomic mass is 9.93. The number of aliphatic hydroxyl groups is 1. The number of anilines is 4. The van der Waals surface area contributed by atoms with Crippen molar-refractivity contribution >= 4 is 87.1 Å². The van der Waals surface area contributed by atoms with E-state index in [1.807, 2.05) is 0 Å². The van der Waals surface area contributed by atoms with Gasteiger partial charge in [0.25, 0.3) is 41.0 Å². The predicted octanol–water partition coefficient (Wildman–Crippen LogP) is 3.80. The van der Waals surface area contributed by atoms with E-state index in [4.69, 9.17) is 42.6 Å². The van der Waals surface area contributed by atoms with Gasteiger partial charge in [-0.2, -0.15) is 0 Å². The highest BCUT2D eigenvalue weighted by Crippen LogP contribution is 2.41. The van der Waals surface area contributed by atoms with Crippen LogP contribution in [0.3, 0.4) is 0 Å². The van der Waals surface area contributed by atoms with Crippen molar-refractivity contribution in [3.05, 3.63) is 171 Å². The van der Waals surface area contributed by atoms with Crippen LogP contribution in [0, 0.1) is 19.7 Å². The first-order valence-electron chi connectivity index (χ1n) is 40.5. The fourth-order valence-electron chi connectivity index (χ4n) is 12.7. The van der Waals surface area contributed by atoms with Crippen LogP contribution in [-0.2, 0) is 113 Å². The van der Waals surface area contributed by atoms with Crippen molar-refractivity contribution in [2.45, 2.75) is 65.6 Å². The van der Waals surface area contributed by atoms with Crippen LogP contribution in [0.15, 0.2) is 103 Å². The number of rotatable bonds is 52. The van der Waals surface area contributed by atoms with Crippen LogP contribution in [0.25, 0.3) is 22.0 Å². The van der Waals surface area contributed by atoms with E-state index in [-0.39, 0.29) is 133 Å². The Morgan fingerprint density at radius 3 is 1.47 bits per heavy atom. The number of nitrogens with zero attached hydrogens (tertiary/aromatic N) is 12. The standard InChI is InChI=1S/C83H107FN22O20/c1-52-39-55(84)40-53(2)72(52)126-65-12-11-54(83(3,4)117)41-59(65)61-49-105(10)82(116)71-60(61)44-62(93-71)76(110)90-45-58-48-106(99-98-58)22-24-119-26-28-121-30-32-123-34-36-125-38-37-124-35-33-122-31-29-120-27-25-118-23-20-85-68(107)13-16-89-79(113)74-96-66(50-103(74)8)94-69(108)14-17-88-78(112)64-43-57(47-102(64)7)92-81(115)75-97-67(51-104(75)9)95-70(109)15-18-87-77(111)63-42-56(46-101(63)6)91-80(114)73-86-19-21-100(73)5/h11-12,19,21,39-44,46-51,93,117H,13-18,20,22-38,45H2,1-10H3,(H,85,107)(H,87,111)(H,88,112)(H,89,113)(H,90,110)(H,91,114)(H,92,115)(H,94,108)(H,95,109). The smallest absolute Gasteiger partial charge is 0.291 e. The summed E-state index contributed by atoms with van der Waals surface area (Å²) in [5.74, 6) is -3.72. The van der Waals surface area contributed by atoms with Gasteiger partial charge in [-0.25, -0.2) is 24.0 Å². The minimum absolute atomic E-state index is 0.0109. The number of fused-ring (bicyclic) bond motifs is 1. The molecule has 10 aromatic rings. The first-order valence-corrected chi connectivity index (χ1v) is 40.5. The SMILES string of the molecule is Cc1cc(F)cc(C)c1Oc1ccc(C(C)(C)O)cc1-c1cn(C)c(=O)c2[nH]c(C(=O)NCc3cn(CCOCCOCCOCCOCCOCCOCCOCCOCCNC(=O)CCNC(=O)c4nc(NC(=O)CCNC(=O)c5cc(NC(=O)c6nc(NC(=O)CCNC(=O)c7cc(NC(=O)c8nccn8C)cn7C)cn6C)cn5C)cn4C)nn3)cc12. The molecule has 0 bridgehead atoms. The molecule has 0 aliphatic carbocycles. The Morgan fingerprint density at radius 1 is 0.476 bits per heavy atom. The van der Waals surface area contributed by atoms with Crippen molar-refractivity contribution in [3.63, 3.8) is 0 Å². The molecule has 0 unspecified atom stereocenters. The second kappa shape index (κ2) is 46.5. The van der Waals surface area contributed by atoms with Crippen molar-refractivity contribution in [1.29, 1.82) is 0 Å². The maximum Gasteiger partial charge on any atom is 0.291 e. The number of H-pyrrole nitrogens is 1. The molecule has 0 radical (unpaired) electrons. The summed E-state index contributed by atoms with van der Waals surface area (Å²) in [5, 5.41) is 43.9. The third-order valence-corrected chi connectivity index (χ3v) is 19.1. The second-order valence-corrected chi connectivity index (χ2v) is 29.5. The summed E-state index contributed by atoms with van der Waals surface area (Å²) in [5.41, 5.74) is 3.12. The predicted molar refractivity (Wildman–Crippen MR) is 455 cm³/mol. The summed E-state index contributed by atoms with van der Waals surface area (Å²) in [7, 11) is 9.63. The van der Waals surface area contributed by atoms with Crippen molar-refractivity contribution in [1.82, 2.24) is 88.9 Å². The van der Waals surface area contributed by atoms with Crippen molar-refractivity contribution in [3.8, 4) is 22.6 Å². The van der Waals surface area contributed by atoms with Gasteiger partial charge in [0.05, 0.1) is 142 Å². The van der Waals surface area contributed by atoms with Gasteiger partial charge in [-0.05, 0) is 86.8 Å². The zero-order chi connectivity index (χ0) is 90.4. The number of hydrogen-bond donors (Lipinski definition) is 11. The van der Waals surface area contributed by atoms with E-state index in [0.717, 1.165) is 0 Å². The number of benzene rings is 2. The zero-order valence-electron chi connectivity index (χ0n) is 71.9. The first kappa shape index (κ1) is 95.1. The lowest BCUT2D eigenvalue weighted by Crippen LogP contribution is -2.33. The van der Waals surface area contributed by atoms with Gasteiger partial charge < -0.3 is 128 Å².